The number of carboxylic acids is 3. The van der Waals surface area contributed by atoms with E-state index in [-0.39, 0.29) is 5.43 Å². The molecule has 274 valence electrons. The Labute approximate surface area is 271 Å². The van der Waals surface area contributed by atoms with Crippen LogP contribution in [0.5, 0.6) is 5.75 Å². The molecule has 2 aromatic heterocycles. The minimum absolute atomic E-state index is 0.206. The number of benzene rings is 1. The van der Waals surface area contributed by atoms with Gasteiger partial charge in [-0.1, -0.05) is 6.92 Å². The molecule has 0 spiro atoms. The first-order valence-corrected chi connectivity index (χ1v) is 13.6. The number of rotatable bonds is 5. The second-order valence-electron chi connectivity index (χ2n) is 9.18. The van der Waals surface area contributed by atoms with Gasteiger partial charge in [-0.3, -0.25) is 4.79 Å². The quantitative estimate of drug-likeness (QED) is 0.132. The van der Waals surface area contributed by atoms with Gasteiger partial charge in [0.2, 0.25) is 5.43 Å². The van der Waals surface area contributed by atoms with Crippen LogP contribution in [0.25, 0.3) is 21.5 Å². The van der Waals surface area contributed by atoms with Gasteiger partial charge in [0.15, 0.2) is 0 Å². The van der Waals surface area contributed by atoms with Crippen molar-refractivity contribution >= 4 is 46.2 Å². The number of hydrogen-bond acceptors (Lipinski definition) is 11. The van der Waals surface area contributed by atoms with Crippen LogP contribution in [-0.2, 0) is 25.6 Å². The number of ether oxygens (including phenoxy) is 1. The molecule has 3 aromatic rings. The maximum Gasteiger partial charge on any atom is 0.490 e. The highest BCUT2D eigenvalue weighted by molar-refractivity contribution is 7.13. The van der Waals surface area contributed by atoms with E-state index in [4.69, 9.17) is 50.3 Å². The lowest BCUT2D eigenvalue weighted by molar-refractivity contribution is -0.193. The Balaban J connectivity index is 0.000000891. The molecule has 13 nitrogen and oxygen atoms in total. The molecule has 49 heavy (non-hydrogen) atoms. The normalized spacial score (nSPS) is 12.6. The number of aryl methyl sites for hydroxylation is 2. The van der Waals surface area contributed by atoms with Gasteiger partial charge in [-0.2, -0.15) is 39.5 Å². The van der Waals surface area contributed by atoms with Gasteiger partial charge in [0.1, 0.15) is 28.1 Å². The van der Waals surface area contributed by atoms with Crippen LogP contribution in [0.2, 0.25) is 0 Å². The Kier molecular flexibility index (Phi) is 15.9. The van der Waals surface area contributed by atoms with Crippen LogP contribution < -0.4 is 21.6 Å². The number of aliphatic carboxylic acids is 3. The number of carboxylic acid groups (broad SMARTS) is 3. The zero-order chi connectivity index (χ0) is 38.8. The van der Waals surface area contributed by atoms with E-state index >= 15 is 0 Å². The van der Waals surface area contributed by atoms with Crippen LogP contribution in [0.4, 0.5) is 39.5 Å². The second kappa shape index (κ2) is 17.6. The van der Waals surface area contributed by atoms with Crippen molar-refractivity contribution in [3.63, 3.8) is 0 Å². The van der Waals surface area contributed by atoms with Crippen molar-refractivity contribution in [1.29, 1.82) is 0 Å². The molecular formula is C26H26F9N3O10S. The molecule has 3 rings (SSSR count). The predicted octanol–water partition coefficient (Wildman–Crippen LogP) is 4.96. The first kappa shape index (κ1) is 44.2. The summed E-state index contributed by atoms with van der Waals surface area (Å²) in [4.78, 5) is 56.3. The SMILES string of the molecule is CCc1cc2c(=O)c(-c3nc(C)cs3)c([C@H](C)N)oc2cc1OC(=O)[C@@H](C)N.O=C(O)C(F)(F)F.O=C(O)C(F)(F)F.O=C(O)C(F)(F)F. The zero-order valence-corrected chi connectivity index (χ0v) is 26.0. The summed E-state index contributed by atoms with van der Waals surface area (Å²) in [6, 6.07) is 1.97. The van der Waals surface area contributed by atoms with Crippen molar-refractivity contribution in [2.24, 2.45) is 11.5 Å². The lowest BCUT2D eigenvalue weighted by Gasteiger charge is -2.14. The first-order chi connectivity index (χ1) is 22.1. The molecule has 0 saturated carbocycles. The van der Waals surface area contributed by atoms with Gasteiger partial charge in [0, 0.05) is 17.1 Å². The number of nitrogens with two attached hydrogens (primary N) is 2. The number of aromatic nitrogens is 1. The fourth-order valence-corrected chi connectivity index (χ4v) is 3.69. The van der Waals surface area contributed by atoms with Crippen molar-refractivity contribution < 1.29 is 83.2 Å². The summed E-state index contributed by atoms with van der Waals surface area (Å²) in [5.74, 6) is -8.15. The Morgan fingerprint density at radius 2 is 1.33 bits per heavy atom. The monoisotopic (exact) mass is 743 g/mol. The van der Waals surface area contributed by atoms with Gasteiger partial charge < -0.3 is 35.9 Å². The smallest absolute Gasteiger partial charge is 0.475 e. The molecule has 0 saturated heterocycles. The lowest BCUT2D eigenvalue weighted by atomic mass is 10.0. The minimum atomic E-state index is -5.08. The van der Waals surface area contributed by atoms with E-state index < -0.39 is 54.5 Å². The van der Waals surface area contributed by atoms with Crippen molar-refractivity contribution in [3.05, 3.63) is 44.8 Å². The molecule has 23 heteroatoms. The predicted molar refractivity (Wildman–Crippen MR) is 151 cm³/mol. The molecule has 0 bridgehead atoms. The van der Waals surface area contributed by atoms with Gasteiger partial charge in [0.05, 0.1) is 17.0 Å². The average molecular weight is 744 g/mol. The van der Waals surface area contributed by atoms with E-state index in [1.165, 1.54) is 11.3 Å². The number of halogens is 9. The maximum atomic E-state index is 13.3. The van der Waals surface area contributed by atoms with Crippen LogP contribution in [-0.4, -0.2) is 68.8 Å². The molecular weight excluding hydrogens is 717 g/mol. The van der Waals surface area contributed by atoms with Crippen molar-refractivity contribution in [3.8, 4) is 16.3 Å². The van der Waals surface area contributed by atoms with Crippen molar-refractivity contribution in [2.45, 2.75) is 64.7 Å². The van der Waals surface area contributed by atoms with Gasteiger partial charge in [-0.15, -0.1) is 11.3 Å². The Hall–Kier alpha value is -4.77. The number of fused-ring (bicyclic) bond motifs is 1. The third-order valence-electron chi connectivity index (χ3n) is 5.04. The Morgan fingerprint density at radius 3 is 1.63 bits per heavy atom. The summed E-state index contributed by atoms with van der Waals surface area (Å²) in [5, 5.41) is 24.2. The molecule has 1 aromatic carbocycles. The molecule has 2 heterocycles. The van der Waals surface area contributed by atoms with Crippen molar-refractivity contribution in [1.82, 2.24) is 4.98 Å². The molecule has 7 N–H and O–H groups in total. The highest BCUT2D eigenvalue weighted by atomic mass is 32.1. The first-order valence-electron chi connectivity index (χ1n) is 12.7. The fourth-order valence-electron chi connectivity index (χ4n) is 2.85. The molecule has 0 unspecified atom stereocenters. The van der Waals surface area contributed by atoms with Gasteiger partial charge in [-0.05, 0) is 38.8 Å². The third-order valence-corrected chi connectivity index (χ3v) is 6.02. The van der Waals surface area contributed by atoms with Crippen LogP contribution >= 0.6 is 11.3 Å². The maximum absolute atomic E-state index is 13.3. The highest BCUT2D eigenvalue weighted by Crippen LogP contribution is 2.33. The number of carbonyl (C=O) groups is 4. The van der Waals surface area contributed by atoms with E-state index in [1.807, 2.05) is 19.2 Å². The minimum Gasteiger partial charge on any atom is -0.475 e. The molecule has 0 amide bonds. The summed E-state index contributed by atoms with van der Waals surface area (Å²) >= 11 is 1.37. The van der Waals surface area contributed by atoms with Crippen LogP contribution in [0.1, 0.15) is 43.8 Å². The van der Waals surface area contributed by atoms with Crippen LogP contribution in [0.3, 0.4) is 0 Å². The molecule has 0 aliphatic rings. The van der Waals surface area contributed by atoms with E-state index in [0.29, 0.717) is 45.0 Å². The molecule has 2 atom stereocenters. The molecule has 0 radical (unpaired) electrons. The number of hydrogen-bond donors (Lipinski definition) is 5. The average Bonchev–Trinajstić information content (AvgIpc) is 3.37. The van der Waals surface area contributed by atoms with E-state index in [9.17, 15) is 49.1 Å². The van der Waals surface area contributed by atoms with Crippen LogP contribution in [0.15, 0.2) is 26.7 Å². The van der Waals surface area contributed by atoms with Gasteiger partial charge in [-0.25, -0.2) is 24.2 Å². The number of thiazole rings is 1. The topological polar surface area (TPSA) is 233 Å². The fraction of sp³-hybridized carbons (Fsp3) is 0.385. The lowest BCUT2D eigenvalue weighted by Crippen LogP contribution is -2.31. The summed E-state index contributed by atoms with van der Waals surface area (Å²) in [7, 11) is 0. The third kappa shape index (κ3) is 14.1. The highest BCUT2D eigenvalue weighted by Gasteiger charge is 2.39. The zero-order valence-electron chi connectivity index (χ0n) is 25.2. The number of alkyl halides is 9. The van der Waals surface area contributed by atoms with Gasteiger partial charge in [0.25, 0.3) is 0 Å². The molecule has 0 aliphatic heterocycles. The van der Waals surface area contributed by atoms with Crippen molar-refractivity contribution in [2.75, 3.05) is 0 Å². The summed E-state index contributed by atoms with van der Waals surface area (Å²) < 4.78 is 107. The number of nitrogens with zero attached hydrogens (tertiary/aromatic N) is 1. The number of esters is 1. The molecule has 0 fully saturated rings. The molecule has 0 aliphatic carbocycles. The summed E-state index contributed by atoms with van der Waals surface area (Å²) in [6.45, 7) is 7.06. The second-order valence-corrected chi connectivity index (χ2v) is 10.0. The van der Waals surface area contributed by atoms with E-state index in [2.05, 4.69) is 4.98 Å². The van der Waals surface area contributed by atoms with Crippen LogP contribution in [0, 0.1) is 6.92 Å². The van der Waals surface area contributed by atoms with E-state index in [0.717, 1.165) is 5.69 Å². The summed E-state index contributed by atoms with van der Waals surface area (Å²) in [6.07, 6.45) is -14.7. The summed E-state index contributed by atoms with van der Waals surface area (Å²) in [5.41, 5.74) is 13.7. The number of carbonyl (C=O) groups excluding carboxylic acids is 1. The Bertz CT molecular complexity index is 1640. The van der Waals surface area contributed by atoms with E-state index in [1.54, 1.807) is 26.0 Å². The van der Waals surface area contributed by atoms with Gasteiger partial charge >= 0.3 is 42.4 Å². The standard InChI is InChI=1S/C20H23N3O4S.3C2HF3O2/c1-5-12-6-13-15(7-14(12)27-20(25)11(4)22)26-18(10(3)21)16(17(13)24)19-23-9(2)8-28-19;3*3-2(4,5)1(6)7/h6-8,10-11H,5,21-22H2,1-4H3;3*(H,6,7)/t10-,11+;;;/m0.../s1. The largest absolute Gasteiger partial charge is 0.490 e. The Morgan fingerprint density at radius 1 is 0.898 bits per heavy atom.